The molecule has 0 saturated carbocycles. The molecule has 186 valence electrons. The summed E-state index contributed by atoms with van der Waals surface area (Å²) in [4.78, 5) is 23.6. The summed E-state index contributed by atoms with van der Waals surface area (Å²) in [5.74, 6) is -0.640. The van der Waals surface area contributed by atoms with Gasteiger partial charge in [-0.05, 0) is 29.8 Å². The number of anilines is 1. The Kier molecular flexibility index (Phi) is 7.70. The number of carbonyl (C=O) groups excluding carboxylic acids is 1. The monoisotopic (exact) mass is 514 g/mol. The van der Waals surface area contributed by atoms with E-state index in [-0.39, 0.29) is 28.4 Å². The molecule has 0 saturated heterocycles. The molecule has 4 rings (SSSR count). The molecule has 0 aliphatic rings. The third-order valence-electron chi connectivity index (χ3n) is 5.38. The van der Waals surface area contributed by atoms with E-state index in [1.165, 1.54) is 46.9 Å². The van der Waals surface area contributed by atoms with Crippen molar-refractivity contribution in [3.05, 3.63) is 136 Å². The second-order valence-electron chi connectivity index (χ2n) is 7.88. The van der Waals surface area contributed by atoms with Crippen LogP contribution in [-0.2, 0) is 16.6 Å². The summed E-state index contributed by atoms with van der Waals surface area (Å²) in [6.45, 7) is -0.000683. The van der Waals surface area contributed by atoms with Gasteiger partial charge >= 0.3 is 0 Å². The zero-order chi connectivity index (χ0) is 26.3. The maximum absolute atomic E-state index is 13.7. The summed E-state index contributed by atoms with van der Waals surface area (Å²) in [5, 5.41) is 14.9. The van der Waals surface area contributed by atoms with E-state index in [1.54, 1.807) is 54.6 Å². The molecule has 4 aromatic rings. The molecule has 0 atom stereocenters. The number of nitro groups is 1. The number of benzene rings is 4. The van der Waals surface area contributed by atoms with Crippen molar-refractivity contribution >= 4 is 33.5 Å². The smallest absolute Gasteiger partial charge is 0.267 e. The lowest BCUT2D eigenvalue weighted by Crippen LogP contribution is -2.33. The Labute approximate surface area is 213 Å². The highest BCUT2D eigenvalue weighted by Gasteiger charge is 2.28. The Morgan fingerprint density at radius 1 is 0.892 bits per heavy atom. The van der Waals surface area contributed by atoms with E-state index in [0.29, 0.717) is 5.56 Å². The fourth-order valence-electron chi connectivity index (χ4n) is 3.60. The van der Waals surface area contributed by atoms with Crippen LogP contribution >= 0.6 is 0 Å². The van der Waals surface area contributed by atoms with Gasteiger partial charge < -0.3 is 0 Å². The highest BCUT2D eigenvalue weighted by atomic mass is 32.2. The van der Waals surface area contributed by atoms with Crippen molar-refractivity contribution in [3.8, 4) is 0 Å². The van der Waals surface area contributed by atoms with Crippen LogP contribution in [0.4, 0.5) is 11.4 Å². The van der Waals surface area contributed by atoms with Crippen LogP contribution in [0.1, 0.15) is 21.5 Å². The van der Waals surface area contributed by atoms with Gasteiger partial charge in [0.25, 0.3) is 21.6 Å². The molecule has 0 radical (unpaired) electrons. The number of nitrogens with one attached hydrogen (secondary N) is 1. The molecule has 4 aromatic carbocycles. The molecular formula is C27H22N4O5S. The highest BCUT2D eigenvalue weighted by molar-refractivity contribution is 7.92. The quantitative estimate of drug-likeness (QED) is 0.196. The van der Waals surface area contributed by atoms with Gasteiger partial charge in [-0.2, -0.15) is 5.10 Å². The van der Waals surface area contributed by atoms with E-state index in [9.17, 15) is 23.3 Å². The van der Waals surface area contributed by atoms with Gasteiger partial charge in [0.1, 0.15) is 0 Å². The van der Waals surface area contributed by atoms with Gasteiger partial charge in [0, 0.05) is 17.7 Å². The molecule has 1 N–H and O–H groups in total. The minimum absolute atomic E-state index is 0.000683. The standard InChI is InChI=1S/C27H22N4O5S/c32-27(29-28-19-22-12-9-13-23(18-22)31(33)34)25-16-7-8-17-26(25)30(20-21-10-3-1-4-11-21)37(35,36)24-14-5-2-6-15-24/h1-19H,20H2,(H,29,32)/b28-19+. The predicted octanol–water partition coefficient (Wildman–Crippen LogP) is 4.75. The fourth-order valence-corrected chi connectivity index (χ4v) is 5.09. The summed E-state index contributed by atoms with van der Waals surface area (Å²) < 4.78 is 28.6. The van der Waals surface area contributed by atoms with Gasteiger partial charge in [-0.1, -0.05) is 72.8 Å². The number of hydrogen-bond donors (Lipinski definition) is 1. The van der Waals surface area contributed by atoms with E-state index in [2.05, 4.69) is 10.5 Å². The zero-order valence-corrected chi connectivity index (χ0v) is 20.3. The van der Waals surface area contributed by atoms with Crippen LogP contribution in [0, 0.1) is 10.1 Å². The van der Waals surface area contributed by atoms with Gasteiger partial charge in [0.15, 0.2) is 0 Å². The molecule has 0 aliphatic carbocycles. The summed E-state index contributed by atoms with van der Waals surface area (Å²) in [7, 11) is -4.03. The first kappa shape index (κ1) is 25.3. The van der Waals surface area contributed by atoms with Crippen molar-refractivity contribution in [2.75, 3.05) is 4.31 Å². The lowest BCUT2D eigenvalue weighted by atomic mass is 10.1. The Hall–Kier alpha value is -4.83. The van der Waals surface area contributed by atoms with Crippen molar-refractivity contribution in [2.45, 2.75) is 11.4 Å². The Morgan fingerprint density at radius 3 is 2.24 bits per heavy atom. The molecule has 1 amide bonds. The van der Waals surface area contributed by atoms with Gasteiger partial charge in [-0.3, -0.25) is 19.2 Å². The Bertz CT molecular complexity index is 1540. The molecular weight excluding hydrogens is 492 g/mol. The van der Waals surface area contributed by atoms with Gasteiger partial charge in [0.2, 0.25) is 0 Å². The van der Waals surface area contributed by atoms with Crippen molar-refractivity contribution < 1.29 is 18.1 Å². The molecule has 0 fully saturated rings. The highest BCUT2D eigenvalue weighted by Crippen LogP contribution is 2.29. The predicted molar refractivity (Wildman–Crippen MR) is 141 cm³/mol. The minimum Gasteiger partial charge on any atom is -0.267 e. The minimum atomic E-state index is -4.03. The van der Waals surface area contributed by atoms with Gasteiger partial charge in [0.05, 0.1) is 33.8 Å². The Balaban J connectivity index is 1.67. The number of nitrogens with zero attached hydrogens (tertiary/aromatic N) is 3. The van der Waals surface area contributed by atoms with Crippen LogP contribution in [0.3, 0.4) is 0 Å². The number of para-hydroxylation sites is 1. The van der Waals surface area contributed by atoms with Crippen molar-refractivity contribution in [1.29, 1.82) is 0 Å². The van der Waals surface area contributed by atoms with Gasteiger partial charge in [-0.15, -0.1) is 0 Å². The third kappa shape index (κ3) is 6.06. The fraction of sp³-hybridized carbons (Fsp3) is 0.0370. The van der Waals surface area contributed by atoms with Crippen LogP contribution in [-0.4, -0.2) is 25.5 Å². The number of non-ortho nitro benzene ring substituents is 1. The third-order valence-corrected chi connectivity index (χ3v) is 7.15. The molecule has 9 nitrogen and oxygen atoms in total. The number of amides is 1. The van der Waals surface area contributed by atoms with Crippen LogP contribution in [0.5, 0.6) is 0 Å². The normalized spacial score (nSPS) is 11.2. The molecule has 0 spiro atoms. The number of hydrogen-bond acceptors (Lipinski definition) is 6. The Morgan fingerprint density at radius 2 is 1.54 bits per heavy atom. The molecule has 37 heavy (non-hydrogen) atoms. The summed E-state index contributed by atoms with van der Waals surface area (Å²) in [6.07, 6.45) is 1.27. The largest absolute Gasteiger partial charge is 0.273 e. The topological polar surface area (TPSA) is 122 Å². The maximum Gasteiger partial charge on any atom is 0.273 e. The lowest BCUT2D eigenvalue weighted by molar-refractivity contribution is -0.384. The number of nitro benzene ring substituents is 1. The lowest BCUT2D eigenvalue weighted by Gasteiger charge is -2.26. The van der Waals surface area contributed by atoms with E-state index >= 15 is 0 Å². The van der Waals surface area contributed by atoms with Crippen molar-refractivity contribution in [3.63, 3.8) is 0 Å². The van der Waals surface area contributed by atoms with Gasteiger partial charge in [-0.25, -0.2) is 13.8 Å². The van der Waals surface area contributed by atoms with E-state index in [4.69, 9.17) is 0 Å². The van der Waals surface area contributed by atoms with Crippen molar-refractivity contribution in [1.82, 2.24) is 5.43 Å². The van der Waals surface area contributed by atoms with Crippen LogP contribution in [0.15, 0.2) is 119 Å². The molecule has 0 aliphatic heterocycles. The second-order valence-corrected chi connectivity index (χ2v) is 9.74. The first-order valence-electron chi connectivity index (χ1n) is 11.1. The van der Waals surface area contributed by atoms with Crippen molar-refractivity contribution in [2.24, 2.45) is 5.10 Å². The summed E-state index contributed by atoms with van der Waals surface area (Å²) in [5.41, 5.74) is 3.70. The first-order chi connectivity index (χ1) is 17.9. The van der Waals surface area contributed by atoms with E-state index in [1.807, 2.05) is 18.2 Å². The molecule has 0 heterocycles. The van der Waals surface area contributed by atoms with E-state index in [0.717, 1.165) is 5.56 Å². The number of sulfonamides is 1. The molecule has 10 heteroatoms. The second kappa shape index (κ2) is 11.3. The van der Waals surface area contributed by atoms with Crippen LogP contribution in [0.2, 0.25) is 0 Å². The molecule has 0 unspecified atom stereocenters. The average Bonchev–Trinajstić information content (AvgIpc) is 2.93. The maximum atomic E-state index is 13.7. The first-order valence-corrected chi connectivity index (χ1v) is 12.6. The number of rotatable bonds is 9. The average molecular weight is 515 g/mol. The molecule has 0 aromatic heterocycles. The SMILES string of the molecule is O=C(N/N=C/c1cccc([N+](=O)[O-])c1)c1ccccc1N(Cc1ccccc1)S(=O)(=O)c1ccccc1. The van der Waals surface area contributed by atoms with Crippen LogP contribution < -0.4 is 9.73 Å². The van der Waals surface area contributed by atoms with E-state index < -0.39 is 20.9 Å². The summed E-state index contributed by atoms with van der Waals surface area (Å²) in [6, 6.07) is 29.2. The number of hydrazone groups is 1. The zero-order valence-electron chi connectivity index (χ0n) is 19.5. The number of carbonyl (C=O) groups is 1. The molecule has 0 bridgehead atoms. The van der Waals surface area contributed by atoms with Crippen LogP contribution in [0.25, 0.3) is 0 Å². The summed E-state index contributed by atoms with van der Waals surface area (Å²) >= 11 is 0.